The van der Waals surface area contributed by atoms with Crippen LogP contribution >= 0.6 is 0 Å². The fourth-order valence-corrected chi connectivity index (χ4v) is 0.623. The largest absolute Gasteiger partial charge is 0.764 e. The van der Waals surface area contributed by atoms with Crippen molar-refractivity contribution < 1.29 is 13.7 Å². The van der Waals surface area contributed by atoms with E-state index in [0.717, 1.165) is 12.8 Å². The van der Waals surface area contributed by atoms with Gasteiger partial charge in [-0.1, -0.05) is 13.3 Å². The Morgan fingerprint density at radius 1 is 1.75 bits per heavy atom. The van der Waals surface area contributed by atoms with Crippen LogP contribution in [0.15, 0.2) is 0 Å². The van der Waals surface area contributed by atoms with Crippen LogP contribution in [-0.4, -0.2) is 20.6 Å². The molecule has 0 saturated heterocycles. The van der Waals surface area contributed by atoms with Crippen molar-refractivity contribution in [2.45, 2.75) is 19.8 Å². The summed E-state index contributed by atoms with van der Waals surface area (Å²) in [5.74, 6) is 0. The maximum Gasteiger partial charge on any atom is 0.764 e. The summed E-state index contributed by atoms with van der Waals surface area (Å²) in [7, 11) is -2.66. The molecule has 8 heavy (non-hydrogen) atoms. The van der Waals surface area contributed by atoms with Gasteiger partial charge in [-0.25, -0.2) is 0 Å². The van der Waals surface area contributed by atoms with E-state index in [9.17, 15) is 4.46 Å². The molecule has 0 aromatic rings. The Kier molecular flexibility index (Phi) is 4.54. The molecule has 0 unspecified atom stereocenters. The third-order valence-electron chi connectivity index (χ3n) is 0.723. The highest BCUT2D eigenvalue weighted by Gasteiger charge is 1.99. The Labute approximate surface area is 50.2 Å². The van der Waals surface area contributed by atoms with E-state index < -0.39 is 9.17 Å². The SMILES string of the molecule is CCCCO[Si](=O)O. The molecule has 0 rings (SSSR count). The summed E-state index contributed by atoms with van der Waals surface area (Å²) in [5.41, 5.74) is 0. The molecule has 0 aliphatic heterocycles. The highest BCUT2D eigenvalue weighted by atomic mass is 28.3. The van der Waals surface area contributed by atoms with Crippen LogP contribution in [0.4, 0.5) is 0 Å². The van der Waals surface area contributed by atoms with Gasteiger partial charge in [-0.15, -0.1) is 0 Å². The zero-order valence-corrected chi connectivity index (χ0v) is 5.89. The second kappa shape index (κ2) is 4.77. The van der Waals surface area contributed by atoms with Gasteiger partial charge in [0.05, 0.1) is 6.61 Å². The third-order valence-corrected chi connectivity index (χ3v) is 1.17. The maximum absolute atomic E-state index is 9.84. The Morgan fingerprint density at radius 3 is 2.75 bits per heavy atom. The third kappa shape index (κ3) is 5.62. The quantitative estimate of drug-likeness (QED) is 0.441. The lowest BCUT2D eigenvalue weighted by Gasteiger charge is -1.94. The highest BCUT2D eigenvalue weighted by molar-refractivity contribution is 6.24. The molecule has 0 aliphatic carbocycles. The molecule has 0 aliphatic rings. The standard InChI is InChI=1S/C4H10O3Si/c1-2-3-4-7-8(5)6/h5H,2-4H2,1H3. The fourth-order valence-electron chi connectivity index (χ4n) is 0.304. The van der Waals surface area contributed by atoms with Crippen molar-refractivity contribution in [1.29, 1.82) is 0 Å². The van der Waals surface area contributed by atoms with E-state index in [1.54, 1.807) is 0 Å². The predicted octanol–water partition coefficient (Wildman–Crippen LogP) is 0.211. The molecular formula is C4H10O3Si. The van der Waals surface area contributed by atoms with Crippen molar-refractivity contribution in [3.05, 3.63) is 0 Å². The summed E-state index contributed by atoms with van der Waals surface area (Å²) in [6.07, 6.45) is 1.85. The number of hydrogen-bond acceptors (Lipinski definition) is 2. The normalized spacial score (nSPS) is 8.62. The van der Waals surface area contributed by atoms with E-state index >= 15 is 0 Å². The average Bonchev–Trinajstić information content (AvgIpc) is 1.66. The monoisotopic (exact) mass is 134 g/mol. The van der Waals surface area contributed by atoms with Crippen molar-refractivity contribution in [2.24, 2.45) is 0 Å². The minimum absolute atomic E-state index is 0.408. The predicted molar refractivity (Wildman–Crippen MR) is 29.5 cm³/mol. The first-order valence-corrected chi connectivity index (χ1v) is 3.89. The minimum atomic E-state index is -2.66. The number of unbranched alkanes of at least 4 members (excludes halogenated alkanes) is 1. The Morgan fingerprint density at radius 2 is 2.38 bits per heavy atom. The van der Waals surface area contributed by atoms with Gasteiger partial charge in [-0.3, -0.25) is 4.46 Å². The molecule has 4 heteroatoms. The maximum atomic E-state index is 9.84. The number of hydrogen-bond donors (Lipinski definition) is 1. The first-order valence-electron chi connectivity index (χ1n) is 2.63. The van der Waals surface area contributed by atoms with Crippen molar-refractivity contribution in [3.63, 3.8) is 0 Å². The van der Waals surface area contributed by atoms with Gasteiger partial charge in [-0.2, -0.15) is 0 Å². The van der Waals surface area contributed by atoms with E-state index in [0.29, 0.717) is 6.61 Å². The molecule has 0 heterocycles. The molecule has 0 spiro atoms. The minimum Gasteiger partial charge on any atom is -0.511 e. The molecule has 0 atom stereocenters. The number of rotatable bonds is 4. The molecule has 1 N–H and O–H groups in total. The average molecular weight is 134 g/mol. The molecule has 0 amide bonds. The van der Waals surface area contributed by atoms with Crippen LogP contribution in [0.3, 0.4) is 0 Å². The molecule has 0 aromatic carbocycles. The van der Waals surface area contributed by atoms with Gasteiger partial charge < -0.3 is 9.22 Å². The van der Waals surface area contributed by atoms with Crippen LogP contribution in [0.25, 0.3) is 0 Å². The summed E-state index contributed by atoms with van der Waals surface area (Å²) in [6, 6.07) is 0. The van der Waals surface area contributed by atoms with E-state index in [4.69, 9.17) is 4.80 Å². The van der Waals surface area contributed by atoms with Gasteiger partial charge in [0.25, 0.3) is 0 Å². The zero-order valence-electron chi connectivity index (χ0n) is 4.89. The summed E-state index contributed by atoms with van der Waals surface area (Å²) in [5, 5.41) is 0. The molecule has 0 bridgehead atoms. The molecule has 0 fully saturated rings. The van der Waals surface area contributed by atoms with Gasteiger partial charge in [0, 0.05) is 0 Å². The van der Waals surface area contributed by atoms with E-state index in [-0.39, 0.29) is 0 Å². The van der Waals surface area contributed by atoms with Crippen molar-refractivity contribution in [1.82, 2.24) is 0 Å². The van der Waals surface area contributed by atoms with Crippen molar-refractivity contribution >= 4 is 9.17 Å². The second-order valence-corrected chi connectivity index (χ2v) is 2.29. The summed E-state index contributed by atoms with van der Waals surface area (Å²) < 4.78 is 14.2. The van der Waals surface area contributed by atoms with Gasteiger partial charge >= 0.3 is 9.17 Å². The van der Waals surface area contributed by atoms with Crippen LogP contribution < -0.4 is 0 Å². The first kappa shape index (κ1) is 7.62. The molecule has 0 aromatic heterocycles. The molecule has 0 radical (unpaired) electrons. The zero-order chi connectivity index (χ0) is 6.41. The Hall–Kier alpha value is -0.383. The van der Waals surface area contributed by atoms with E-state index in [1.165, 1.54) is 0 Å². The topological polar surface area (TPSA) is 46.5 Å². The molecule has 48 valence electrons. The van der Waals surface area contributed by atoms with Crippen LogP contribution in [0.2, 0.25) is 0 Å². The molecular weight excluding hydrogens is 124 g/mol. The summed E-state index contributed by atoms with van der Waals surface area (Å²) >= 11 is 0. The molecule has 3 nitrogen and oxygen atoms in total. The van der Waals surface area contributed by atoms with Crippen molar-refractivity contribution in [2.75, 3.05) is 6.61 Å². The lowest BCUT2D eigenvalue weighted by Crippen LogP contribution is -2.05. The van der Waals surface area contributed by atoms with E-state index in [2.05, 4.69) is 4.43 Å². The van der Waals surface area contributed by atoms with Crippen LogP contribution in [0.5, 0.6) is 0 Å². The van der Waals surface area contributed by atoms with Gasteiger partial charge in [0.15, 0.2) is 0 Å². The smallest absolute Gasteiger partial charge is 0.511 e. The Balaban J connectivity index is 2.82. The van der Waals surface area contributed by atoms with Gasteiger partial charge in [0.2, 0.25) is 0 Å². The summed E-state index contributed by atoms with van der Waals surface area (Å²) in [4.78, 5) is 8.10. The van der Waals surface area contributed by atoms with Crippen LogP contribution in [0.1, 0.15) is 19.8 Å². The van der Waals surface area contributed by atoms with Gasteiger partial charge in [-0.05, 0) is 6.42 Å². The summed E-state index contributed by atoms with van der Waals surface area (Å²) in [6.45, 7) is 2.41. The van der Waals surface area contributed by atoms with Crippen molar-refractivity contribution in [3.8, 4) is 0 Å². The fraction of sp³-hybridized carbons (Fsp3) is 1.00. The van der Waals surface area contributed by atoms with Gasteiger partial charge in [0.1, 0.15) is 0 Å². The first-order chi connectivity index (χ1) is 3.77. The molecule has 0 saturated carbocycles. The Bertz CT molecular complexity index is 73.7. The van der Waals surface area contributed by atoms with Crippen LogP contribution in [-0.2, 0) is 8.89 Å². The van der Waals surface area contributed by atoms with E-state index in [1.807, 2.05) is 6.92 Å². The second-order valence-electron chi connectivity index (χ2n) is 1.47. The lowest BCUT2D eigenvalue weighted by molar-refractivity contribution is 0.220. The highest BCUT2D eigenvalue weighted by Crippen LogP contribution is 1.85. The lowest BCUT2D eigenvalue weighted by atomic mass is 10.4. The van der Waals surface area contributed by atoms with Crippen LogP contribution in [0, 0.1) is 0 Å².